The molecule has 27 heavy (non-hydrogen) atoms. The number of rotatable bonds is 7. The number of hydrogen-bond donors (Lipinski definition) is 3. The molecule has 0 atom stereocenters. The highest BCUT2D eigenvalue weighted by atomic mass is 16.3. The van der Waals surface area contributed by atoms with Crippen molar-refractivity contribution < 1.29 is 19.5 Å². The molecule has 1 aliphatic heterocycles. The van der Waals surface area contributed by atoms with Gasteiger partial charge < -0.3 is 20.6 Å². The molecule has 0 unspecified atom stereocenters. The van der Waals surface area contributed by atoms with Crippen LogP contribution in [0.5, 0.6) is 5.75 Å². The number of nitrogens with one attached hydrogen (secondary N) is 2. The van der Waals surface area contributed by atoms with Gasteiger partial charge in [0.2, 0.25) is 0 Å². The maximum Gasteiger partial charge on any atom is 0.279 e. The van der Waals surface area contributed by atoms with Crippen LogP contribution in [0, 0.1) is 0 Å². The monoisotopic (exact) mass is 374 g/mol. The minimum atomic E-state index is -0.503. The maximum absolute atomic E-state index is 12.5. The fraction of sp³-hybridized carbons (Fsp3) is 0.421. The lowest BCUT2D eigenvalue weighted by Gasteiger charge is -2.18. The third-order valence-corrected chi connectivity index (χ3v) is 4.55. The third kappa shape index (κ3) is 3.89. The molecule has 146 valence electrons. The van der Waals surface area contributed by atoms with Crippen LogP contribution in [0.3, 0.4) is 0 Å². The smallest absolute Gasteiger partial charge is 0.279 e. The molecular weight excluding hydrogens is 348 g/mol. The van der Waals surface area contributed by atoms with E-state index in [0.717, 1.165) is 17.7 Å². The normalized spacial score (nSPS) is 14.2. The molecule has 3 N–H and O–H groups in total. The largest absolute Gasteiger partial charge is 0.505 e. The van der Waals surface area contributed by atoms with Gasteiger partial charge in [-0.1, -0.05) is 19.9 Å². The Morgan fingerprint density at radius 1 is 1.15 bits per heavy atom. The number of para-hydroxylation sites is 1. The van der Waals surface area contributed by atoms with E-state index in [1.165, 1.54) is 18.0 Å². The van der Waals surface area contributed by atoms with Crippen LogP contribution in [-0.2, 0) is 9.59 Å². The zero-order chi connectivity index (χ0) is 20.3. The van der Waals surface area contributed by atoms with Crippen LogP contribution in [-0.4, -0.2) is 59.8 Å². The minimum Gasteiger partial charge on any atom is -0.505 e. The van der Waals surface area contributed by atoms with Crippen LogP contribution in [0.1, 0.15) is 37.0 Å². The highest BCUT2D eigenvalue weighted by Crippen LogP contribution is 2.31. The van der Waals surface area contributed by atoms with Gasteiger partial charge in [-0.25, -0.2) is 0 Å². The summed E-state index contributed by atoms with van der Waals surface area (Å²) in [6.45, 7) is 3.98. The quantitative estimate of drug-likeness (QED) is 0.494. The van der Waals surface area contributed by atoms with Gasteiger partial charge in [0.05, 0.1) is 11.3 Å². The summed E-state index contributed by atoms with van der Waals surface area (Å²) in [6, 6.07) is 4.67. The van der Waals surface area contributed by atoms with E-state index in [1.807, 2.05) is 13.8 Å². The van der Waals surface area contributed by atoms with E-state index >= 15 is 0 Å². The van der Waals surface area contributed by atoms with Crippen molar-refractivity contribution in [3.05, 3.63) is 35.2 Å². The molecule has 0 spiro atoms. The van der Waals surface area contributed by atoms with Gasteiger partial charge in [0, 0.05) is 27.2 Å². The summed E-state index contributed by atoms with van der Waals surface area (Å²) in [4.78, 5) is 39.5. The van der Waals surface area contributed by atoms with E-state index in [1.54, 1.807) is 26.2 Å². The molecule has 1 heterocycles. The minimum absolute atomic E-state index is 0.0373. The summed E-state index contributed by atoms with van der Waals surface area (Å²) in [7, 11) is 4.56. The number of carbonyl (C=O) groups is 3. The lowest BCUT2D eigenvalue weighted by Crippen LogP contribution is -2.34. The standard InChI is InChI=1S/C19H26N4O4/c1-6-11(7-2)20-14-15(19(27)23(5)18(14)26)21-13-10-8-9-12(16(13)24)17(25)22(3)4/h8-11,20-21,24H,6-7H2,1-5H3. The fourth-order valence-electron chi connectivity index (χ4n) is 2.78. The Kier molecular flexibility index (Phi) is 6.09. The molecule has 8 heteroatoms. The van der Waals surface area contributed by atoms with Crippen molar-refractivity contribution in [3.8, 4) is 5.75 Å². The van der Waals surface area contributed by atoms with Crippen LogP contribution < -0.4 is 10.6 Å². The molecule has 0 fully saturated rings. The molecule has 0 saturated carbocycles. The lowest BCUT2D eigenvalue weighted by molar-refractivity contribution is -0.136. The van der Waals surface area contributed by atoms with Crippen molar-refractivity contribution in [2.75, 3.05) is 26.5 Å². The highest BCUT2D eigenvalue weighted by Gasteiger charge is 2.37. The number of aromatic hydroxyl groups is 1. The highest BCUT2D eigenvalue weighted by molar-refractivity contribution is 6.20. The summed E-state index contributed by atoms with van der Waals surface area (Å²) < 4.78 is 0. The second-order valence-corrected chi connectivity index (χ2v) is 6.60. The molecule has 3 amide bonds. The number of likely N-dealkylation sites (N-methyl/N-ethyl adjacent to an activating group) is 1. The first-order chi connectivity index (χ1) is 12.7. The first-order valence-electron chi connectivity index (χ1n) is 8.86. The Balaban J connectivity index is 2.44. The lowest BCUT2D eigenvalue weighted by atomic mass is 10.1. The molecule has 0 aromatic heterocycles. The molecule has 0 radical (unpaired) electrons. The Bertz CT molecular complexity index is 797. The van der Waals surface area contributed by atoms with Gasteiger partial charge in [-0.15, -0.1) is 0 Å². The first-order valence-corrected chi connectivity index (χ1v) is 8.86. The number of phenolic OH excluding ortho intramolecular Hbond substituents is 1. The van der Waals surface area contributed by atoms with Gasteiger partial charge in [-0.3, -0.25) is 19.3 Å². The molecule has 0 saturated heterocycles. The van der Waals surface area contributed by atoms with E-state index in [9.17, 15) is 19.5 Å². The summed E-state index contributed by atoms with van der Waals surface area (Å²) in [5.74, 6) is -1.58. The van der Waals surface area contributed by atoms with Gasteiger partial charge in [-0.2, -0.15) is 0 Å². The molecule has 1 aliphatic rings. The number of amides is 3. The van der Waals surface area contributed by atoms with Crippen LogP contribution in [0.4, 0.5) is 5.69 Å². The van der Waals surface area contributed by atoms with Crippen LogP contribution >= 0.6 is 0 Å². The van der Waals surface area contributed by atoms with Crippen molar-refractivity contribution in [2.24, 2.45) is 0 Å². The van der Waals surface area contributed by atoms with Crippen molar-refractivity contribution in [2.45, 2.75) is 32.7 Å². The molecule has 0 bridgehead atoms. The average Bonchev–Trinajstić information content (AvgIpc) is 2.84. The van der Waals surface area contributed by atoms with Gasteiger partial charge >= 0.3 is 0 Å². The second kappa shape index (κ2) is 8.11. The summed E-state index contributed by atoms with van der Waals surface area (Å²) >= 11 is 0. The predicted octanol–water partition coefficient (Wildman–Crippen LogP) is 1.49. The number of imide groups is 1. The number of phenols is 1. The molecule has 2 rings (SSSR count). The number of benzene rings is 1. The van der Waals surface area contributed by atoms with Crippen LogP contribution in [0.2, 0.25) is 0 Å². The number of nitrogens with zero attached hydrogens (tertiary/aromatic N) is 2. The van der Waals surface area contributed by atoms with Crippen LogP contribution in [0.15, 0.2) is 29.6 Å². The Labute approximate surface area is 158 Å². The molecule has 1 aromatic carbocycles. The van der Waals surface area contributed by atoms with Crippen molar-refractivity contribution in [3.63, 3.8) is 0 Å². The molecule has 1 aromatic rings. The summed E-state index contributed by atoms with van der Waals surface area (Å²) in [5.41, 5.74) is 0.502. The zero-order valence-corrected chi connectivity index (χ0v) is 16.3. The van der Waals surface area contributed by atoms with Crippen LogP contribution in [0.25, 0.3) is 0 Å². The van der Waals surface area contributed by atoms with Crippen molar-refractivity contribution in [1.29, 1.82) is 0 Å². The van der Waals surface area contributed by atoms with E-state index in [4.69, 9.17) is 0 Å². The SMILES string of the molecule is CCC(CC)NC1=C(Nc2cccc(C(=O)N(C)C)c2O)C(=O)N(C)C1=O. The van der Waals surface area contributed by atoms with Gasteiger partial charge in [-0.05, 0) is 25.0 Å². The molecule has 0 aliphatic carbocycles. The van der Waals surface area contributed by atoms with E-state index in [2.05, 4.69) is 10.6 Å². The predicted molar refractivity (Wildman–Crippen MR) is 102 cm³/mol. The van der Waals surface area contributed by atoms with Gasteiger partial charge in [0.1, 0.15) is 11.4 Å². The van der Waals surface area contributed by atoms with Gasteiger partial charge in [0.15, 0.2) is 5.75 Å². The molecular formula is C19H26N4O4. The Morgan fingerprint density at radius 3 is 2.30 bits per heavy atom. The summed E-state index contributed by atoms with van der Waals surface area (Å²) in [5, 5.41) is 16.4. The number of anilines is 1. The second-order valence-electron chi connectivity index (χ2n) is 6.60. The Hall–Kier alpha value is -3.03. The fourth-order valence-corrected chi connectivity index (χ4v) is 2.78. The zero-order valence-electron chi connectivity index (χ0n) is 16.3. The van der Waals surface area contributed by atoms with E-state index in [-0.39, 0.29) is 40.3 Å². The molecule has 8 nitrogen and oxygen atoms in total. The Morgan fingerprint density at radius 2 is 1.74 bits per heavy atom. The van der Waals surface area contributed by atoms with Crippen molar-refractivity contribution >= 4 is 23.4 Å². The maximum atomic E-state index is 12.5. The van der Waals surface area contributed by atoms with E-state index in [0.29, 0.717) is 0 Å². The number of hydrogen-bond acceptors (Lipinski definition) is 6. The number of carbonyl (C=O) groups excluding carboxylic acids is 3. The van der Waals surface area contributed by atoms with E-state index < -0.39 is 11.8 Å². The topological polar surface area (TPSA) is 102 Å². The van der Waals surface area contributed by atoms with Crippen molar-refractivity contribution in [1.82, 2.24) is 15.1 Å². The first kappa shape index (κ1) is 20.3. The third-order valence-electron chi connectivity index (χ3n) is 4.55. The average molecular weight is 374 g/mol. The van der Waals surface area contributed by atoms with Gasteiger partial charge in [0.25, 0.3) is 17.7 Å². The summed E-state index contributed by atoms with van der Waals surface area (Å²) in [6.07, 6.45) is 1.58.